The maximum absolute atomic E-state index is 5.31. The largest absolute Gasteiger partial charge is 0.337 e. The van der Waals surface area contributed by atoms with Crippen LogP contribution in [0.3, 0.4) is 0 Å². The van der Waals surface area contributed by atoms with Crippen molar-refractivity contribution >= 4 is 12.2 Å². The van der Waals surface area contributed by atoms with E-state index >= 15 is 0 Å². The standard InChI is InChI=1S/C12H21N3S/c1-4-10-7-13-12(16)15(10)8-9(2)14(3)11-5-6-11/h7,9,11H,4-6,8H2,1-3H3,(H,13,16). The van der Waals surface area contributed by atoms with E-state index in [0.29, 0.717) is 6.04 Å². The van der Waals surface area contributed by atoms with Crippen LogP contribution < -0.4 is 0 Å². The molecule has 1 aliphatic carbocycles. The maximum atomic E-state index is 5.31. The van der Waals surface area contributed by atoms with E-state index in [2.05, 4.69) is 35.3 Å². The molecule has 4 heteroatoms. The molecule has 1 aromatic rings. The minimum atomic E-state index is 0.556. The van der Waals surface area contributed by atoms with Gasteiger partial charge in [-0.05, 0) is 45.5 Å². The lowest BCUT2D eigenvalue weighted by Crippen LogP contribution is -2.34. The van der Waals surface area contributed by atoms with E-state index in [-0.39, 0.29) is 0 Å². The van der Waals surface area contributed by atoms with Crippen molar-refractivity contribution < 1.29 is 0 Å². The molecular weight excluding hydrogens is 218 g/mol. The first-order valence-corrected chi connectivity index (χ1v) is 6.53. The number of nitrogens with zero attached hydrogens (tertiary/aromatic N) is 2. The van der Waals surface area contributed by atoms with E-state index < -0.39 is 0 Å². The van der Waals surface area contributed by atoms with Crippen molar-refractivity contribution in [3.63, 3.8) is 0 Å². The first-order chi connectivity index (χ1) is 7.63. The topological polar surface area (TPSA) is 24.0 Å². The predicted molar refractivity (Wildman–Crippen MR) is 69.2 cm³/mol. The summed E-state index contributed by atoms with van der Waals surface area (Å²) in [6, 6.07) is 1.37. The number of aryl methyl sites for hydroxylation is 1. The fraction of sp³-hybridized carbons (Fsp3) is 0.750. The highest BCUT2D eigenvalue weighted by Crippen LogP contribution is 2.27. The molecule has 0 aliphatic heterocycles. The molecule has 16 heavy (non-hydrogen) atoms. The van der Waals surface area contributed by atoms with E-state index in [0.717, 1.165) is 23.8 Å². The van der Waals surface area contributed by atoms with Crippen LogP contribution in [0.1, 0.15) is 32.4 Å². The minimum absolute atomic E-state index is 0.556. The normalized spacial score (nSPS) is 18.0. The van der Waals surface area contributed by atoms with Gasteiger partial charge in [0.15, 0.2) is 4.77 Å². The van der Waals surface area contributed by atoms with Crippen LogP contribution in [-0.4, -0.2) is 33.6 Å². The monoisotopic (exact) mass is 239 g/mol. The van der Waals surface area contributed by atoms with E-state index in [1.54, 1.807) is 0 Å². The molecule has 1 heterocycles. The Kier molecular flexibility index (Phi) is 3.50. The van der Waals surface area contributed by atoms with Gasteiger partial charge in [-0.1, -0.05) is 6.92 Å². The third-order valence-corrected chi connectivity index (χ3v) is 3.92. The highest BCUT2D eigenvalue weighted by Gasteiger charge is 2.29. The van der Waals surface area contributed by atoms with Crippen LogP contribution in [0.25, 0.3) is 0 Å². The molecular formula is C12H21N3S. The Hall–Kier alpha value is -0.610. The molecule has 0 bridgehead atoms. The zero-order valence-corrected chi connectivity index (χ0v) is 11.2. The first kappa shape index (κ1) is 11.9. The van der Waals surface area contributed by atoms with Crippen molar-refractivity contribution in [3.8, 4) is 0 Å². The number of aromatic amines is 1. The highest BCUT2D eigenvalue weighted by molar-refractivity contribution is 7.71. The molecule has 0 aromatic carbocycles. The second-order valence-corrected chi connectivity index (χ2v) is 5.18. The molecule has 0 spiro atoms. The average Bonchev–Trinajstić information content (AvgIpc) is 3.05. The van der Waals surface area contributed by atoms with Gasteiger partial charge in [0.2, 0.25) is 0 Å². The van der Waals surface area contributed by atoms with Crippen LogP contribution in [0.15, 0.2) is 6.20 Å². The minimum Gasteiger partial charge on any atom is -0.337 e. The Morgan fingerprint density at radius 3 is 2.88 bits per heavy atom. The first-order valence-electron chi connectivity index (χ1n) is 6.12. The maximum Gasteiger partial charge on any atom is 0.177 e. The van der Waals surface area contributed by atoms with Crippen molar-refractivity contribution in [1.29, 1.82) is 0 Å². The number of aromatic nitrogens is 2. The summed E-state index contributed by atoms with van der Waals surface area (Å²) in [5.41, 5.74) is 1.31. The Morgan fingerprint density at radius 2 is 2.31 bits per heavy atom. The summed E-state index contributed by atoms with van der Waals surface area (Å²) in [4.78, 5) is 5.62. The van der Waals surface area contributed by atoms with Crippen LogP contribution in [0.2, 0.25) is 0 Å². The molecule has 0 saturated heterocycles. The molecule has 0 amide bonds. The van der Waals surface area contributed by atoms with Crippen LogP contribution in [-0.2, 0) is 13.0 Å². The second kappa shape index (κ2) is 4.72. The Labute approximate surface area is 102 Å². The van der Waals surface area contributed by atoms with Gasteiger partial charge < -0.3 is 9.55 Å². The fourth-order valence-corrected chi connectivity index (χ4v) is 2.41. The SMILES string of the molecule is CCc1c[nH]c(=S)n1CC(C)N(C)C1CC1. The molecule has 1 atom stereocenters. The number of hydrogen-bond donors (Lipinski definition) is 1. The third-order valence-electron chi connectivity index (χ3n) is 3.58. The fourth-order valence-electron chi connectivity index (χ4n) is 2.16. The lowest BCUT2D eigenvalue weighted by atomic mass is 10.2. The summed E-state index contributed by atoms with van der Waals surface area (Å²) >= 11 is 5.31. The van der Waals surface area contributed by atoms with E-state index in [1.165, 1.54) is 18.5 Å². The molecule has 3 nitrogen and oxygen atoms in total. The van der Waals surface area contributed by atoms with Crippen molar-refractivity contribution in [2.75, 3.05) is 7.05 Å². The molecule has 0 radical (unpaired) electrons. The van der Waals surface area contributed by atoms with Gasteiger partial charge in [-0.3, -0.25) is 4.90 Å². The summed E-state index contributed by atoms with van der Waals surface area (Å²) in [6.07, 6.45) is 5.79. The van der Waals surface area contributed by atoms with Crippen molar-refractivity contribution in [1.82, 2.24) is 14.5 Å². The number of nitrogens with one attached hydrogen (secondary N) is 1. The van der Waals surface area contributed by atoms with Crippen molar-refractivity contribution in [3.05, 3.63) is 16.7 Å². The number of rotatable bonds is 5. The molecule has 1 unspecified atom stereocenters. The zero-order chi connectivity index (χ0) is 11.7. The average molecular weight is 239 g/mol. The predicted octanol–water partition coefficient (Wildman–Crippen LogP) is 2.59. The smallest absolute Gasteiger partial charge is 0.177 e. The summed E-state index contributed by atoms with van der Waals surface area (Å²) < 4.78 is 3.09. The second-order valence-electron chi connectivity index (χ2n) is 4.79. The molecule has 2 rings (SSSR count). The van der Waals surface area contributed by atoms with Crippen molar-refractivity contribution in [2.24, 2.45) is 0 Å². The molecule has 90 valence electrons. The van der Waals surface area contributed by atoms with E-state index in [4.69, 9.17) is 12.2 Å². The van der Waals surface area contributed by atoms with Crippen LogP contribution in [0, 0.1) is 4.77 Å². The van der Waals surface area contributed by atoms with Crippen LogP contribution in [0.5, 0.6) is 0 Å². The highest BCUT2D eigenvalue weighted by atomic mass is 32.1. The number of H-pyrrole nitrogens is 1. The Balaban J connectivity index is 2.07. The van der Waals surface area contributed by atoms with Gasteiger partial charge in [0.1, 0.15) is 0 Å². The summed E-state index contributed by atoms with van der Waals surface area (Å²) in [5.74, 6) is 0. The van der Waals surface area contributed by atoms with Gasteiger partial charge in [-0.15, -0.1) is 0 Å². The number of likely N-dealkylation sites (N-methyl/N-ethyl adjacent to an activating group) is 1. The van der Waals surface area contributed by atoms with Gasteiger partial charge in [0.25, 0.3) is 0 Å². The van der Waals surface area contributed by atoms with E-state index in [1.807, 2.05) is 6.20 Å². The van der Waals surface area contributed by atoms with Gasteiger partial charge in [0.05, 0.1) is 0 Å². The van der Waals surface area contributed by atoms with Gasteiger partial charge in [-0.25, -0.2) is 0 Å². The van der Waals surface area contributed by atoms with Crippen molar-refractivity contribution in [2.45, 2.75) is 51.7 Å². The van der Waals surface area contributed by atoms with E-state index in [9.17, 15) is 0 Å². The molecule has 1 fully saturated rings. The zero-order valence-electron chi connectivity index (χ0n) is 10.4. The Bertz CT molecular complexity index is 403. The Morgan fingerprint density at radius 1 is 1.62 bits per heavy atom. The van der Waals surface area contributed by atoms with Crippen LogP contribution in [0.4, 0.5) is 0 Å². The molecule has 1 saturated carbocycles. The lowest BCUT2D eigenvalue weighted by molar-refractivity contribution is 0.224. The number of imidazole rings is 1. The summed E-state index contributed by atoms with van der Waals surface area (Å²) in [6.45, 7) is 5.45. The quantitative estimate of drug-likeness (QED) is 0.799. The summed E-state index contributed by atoms with van der Waals surface area (Å²) in [5, 5.41) is 0. The van der Waals surface area contributed by atoms with Gasteiger partial charge in [0, 0.05) is 30.5 Å². The van der Waals surface area contributed by atoms with Crippen LogP contribution >= 0.6 is 12.2 Å². The van der Waals surface area contributed by atoms with Gasteiger partial charge >= 0.3 is 0 Å². The summed E-state index contributed by atoms with van der Waals surface area (Å²) in [7, 11) is 2.23. The molecule has 1 N–H and O–H groups in total. The van der Waals surface area contributed by atoms with Gasteiger partial charge in [-0.2, -0.15) is 0 Å². The number of hydrogen-bond acceptors (Lipinski definition) is 2. The molecule has 1 aromatic heterocycles. The molecule has 1 aliphatic rings. The lowest BCUT2D eigenvalue weighted by Gasteiger charge is -2.25. The third kappa shape index (κ3) is 2.38.